The predicted octanol–water partition coefficient (Wildman–Crippen LogP) is -0.580. The lowest BCUT2D eigenvalue weighted by Gasteiger charge is -2.15. The Balaban J connectivity index is 2.20. The molecule has 0 aliphatic carbocycles. The topological polar surface area (TPSA) is 153 Å². The highest BCUT2D eigenvalue weighted by molar-refractivity contribution is 5.05. The Hall–Kier alpha value is -2.13. The van der Waals surface area contributed by atoms with Crippen LogP contribution in [0.4, 0.5) is 0 Å². The van der Waals surface area contributed by atoms with E-state index < -0.39 is 29.7 Å². The van der Waals surface area contributed by atoms with Crippen LogP contribution in [0, 0.1) is 0 Å². The molecule has 2 rings (SSSR count). The minimum Gasteiger partial charge on any atom is -0.394 e. The fourth-order valence-corrected chi connectivity index (χ4v) is 2.35. The molecule has 10 nitrogen and oxygen atoms in total. The van der Waals surface area contributed by atoms with Gasteiger partial charge in [0.1, 0.15) is 12.3 Å². The van der Waals surface area contributed by atoms with Gasteiger partial charge in [-0.3, -0.25) is 14.3 Å². The molecule has 1 fully saturated rings. The van der Waals surface area contributed by atoms with E-state index in [9.17, 15) is 14.7 Å². The standard InChI is InChI=1S/C12H17N5O5/c13-16-14-3-1-2-7-5-17(12(21)15-11(7)20)10-4-8(19)9(6-18)22-10/h5,8-10,18-19H,1-4,6H2,(H,15,20,21)/t8-,9+,10+/m0/s1. The fourth-order valence-electron chi connectivity index (χ4n) is 2.35. The number of nitrogens with zero attached hydrogens (tertiary/aromatic N) is 4. The third-order valence-electron chi connectivity index (χ3n) is 3.50. The highest BCUT2D eigenvalue weighted by Crippen LogP contribution is 2.27. The molecule has 1 aliphatic heterocycles. The number of aliphatic hydroxyl groups is 2. The number of hydrogen-bond acceptors (Lipinski definition) is 6. The van der Waals surface area contributed by atoms with Gasteiger partial charge in [0.2, 0.25) is 0 Å². The molecule has 1 aromatic rings. The molecule has 0 saturated carbocycles. The van der Waals surface area contributed by atoms with Crippen molar-refractivity contribution in [2.75, 3.05) is 13.2 Å². The number of nitrogens with one attached hydrogen (secondary N) is 1. The lowest BCUT2D eigenvalue weighted by atomic mass is 10.1. The Morgan fingerprint density at radius 3 is 2.95 bits per heavy atom. The number of azide groups is 1. The molecule has 0 radical (unpaired) electrons. The Morgan fingerprint density at radius 1 is 1.55 bits per heavy atom. The summed E-state index contributed by atoms with van der Waals surface area (Å²) in [6.45, 7) is -0.102. The van der Waals surface area contributed by atoms with E-state index in [1.807, 2.05) is 0 Å². The normalized spacial score (nSPS) is 24.2. The van der Waals surface area contributed by atoms with Crippen LogP contribution in [0.1, 0.15) is 24.6 Å². The molecule has 22 heavy (non-hydrogen) atoms. The van der Waals surface area contributed by atoms with Crippen molar-refractivity contribution in [1.29, 1.82) is 0 Å². The van der Waals surface area contributed by atoms with Crippen molar-refractivity contribution in [3.05, 3.63) is 43.0 Å². The summed E-state index contributed by atoms with van der Waals surface area (Å²) in [6.07, 6.45) is -0.0256. The van der Waals surface area contributed by atoms with E-state index in [1.165, 1.54) is 10.8 Å². The summed E-state index contributed by atoms with van der Waals surface area (Å²) in [6, 6.07) is 0. The van der Waals surface area contributed by atoms with Crippen molar-refractivity contribution >= 4 is 0 Å². The van der Waals surface area contributed by atoms with Gasteiger partial charge in [0.05, 0.1) is 12.7 Å². The van der Waals surface area contributed by atoms with Gasteiger partial charge < -0.3 is 14.9 Å². The molecule has 1 aromatic heterocycles. The maximum atomic E-state index is 11.9. The van der Waals surface area contributed by atoms with Gasteiger partial charge in [0, 0.05) is 29.6 Å². The molecule has 1 saturated heterocycles. The zero-order chi connectivity index (χ0) is 16.1. The summed E-state index contributed by atoms with van der Waals surface area (Å²) >= 11 is 0. The summed E-state index contributed by atoms with van der Waals surface area (Å²) in [7, 11) is 0. The number of aromatic amines is 1. The van der Waals surface area contributed by atoms with Crippen LogP contribution >= 0.6 is 0 Å². The molecule has 120 valence electrons. The molecule has 3 N–H and O–H groups in total. The van der Waals surface area contributed by atoms with Gasteiger partial charge in [-0.2, -0.15) is 0 Å². The van der Waals surface area contributed by atoms with Crippen molar-refractivity contribution in [2.24, 2.45) is 5.11 Å². The van der Waals surface area contributed by atoms with Gasteiger partial charge in [-0.05, 0) is 18.4 Å². The molecule has 1 aliphatic rings. The van der Waals surface area contributed by atoms with Crippen molar-refractivity contribution in [2.45, 2.75) is 37.7 Å². The highest BCUT2D eigenvalue weighted by atomic mass is 16.5. The maximum absolute atomic E-state index is 11.9. The van der Waals surface area contributed by atoms with Crippen LogP contribution in [0.5, 0.6) is 0 Å². The fraction of sp³-hybridized carbons (Fsp3) is 0.667. The van der Waals surface area contributed by atoms with Gasteiger partial charge in [0.15, 0.2) is 0 Å². The van der Waals surface area contributed by atoms with E-state index in [2.05, 4.69) is 15.0 Å². The lowest BCUT2D eigenvalue weighted by molar-refractivity contribution is -0.0460. The highest BCUT2D eigenvalue weighted by Gasteiger charge is 2.35. The summed E-state index contributed by atoms with van der Waals surface area (Å²) in [5.74, 6) is 0. The average molecular weight is 311 g/mol. The molecule has 2 heterocycles. The molecule has 0 amide bonds. The number of aliphatic hydroxyl groups excluding tert-OH is 2. The molecule has 0 spiro atoms. The SMILES string of the molecule is [N-]=[N+]=NCCCc1cn([C@H]2C[C@H](O)[C@@H](CO)O2)c(=O)[nH]c1=O. The minimum atomic E-state index is -0.873. The van der Waals surface area contributed by atoms with E-state index in [1.54, 1.807) is 0 Å². The Morgan fingerprint density at radius 2 is 2.32 bits per heavy atom. The zero-order valence-corrected chi connectivity index (χ0v) is 11.8. The number of aromatic nitrogens is 2. The molecule has 0 bridgehead atoms. The van der Waals surface area contributed by atoms with Crippen LogP contribution in [-0.4, -0.2) is 45.1 Å². The Kier molecular flexibility index (Phi) is 5.34. The molecule has 10 heteroatoms. The van der Waals surface area contributed by atoms with E-state index >= 15 is 0 Å². The van der Waals surface area contributed by atoms with Crippen molar-refractivity contribution in [3.8, 4) is 0 Å². The lowest BCUT2D eigenvalue weighted by Crippen LogP contribution is -2.34. The molecular formula is C12H17N5O5. The second-order valence-electron chi connectivity index (χ2n) is 4.99. The molecular weight excluding hydrogens is 294 g/mol. The summed E-state index contributed by atoms with van der Waals surface area (Å²) in [4.78, 5) is 28.4. The van der Waals surface area contributed by atoms with E-state index in [0.29, 0.717) is 18.4 Å². The van der Waals surface area contributed by atoms with Crippen molar-refractivity contribution < 1.29 is 14.9 Å². The van der Waals surface area contributed by atoms with Crippen molar-refractivity contribution in [3.63, 3.8) is 0 Å². The van der Waals surface area contributed by atoms with Gasteiger partial charge in [-0.15, -0.1) is 0 Å². The second-order valence-corrected chi connectivity index (χ2v) is 4.99. The van der Waals surface area contributed by atoms with E-state index in [0.717, 1.165) is 0 Å². The third kappa shape index (κ3) is 3.55. The summed E-state index contributed by atoms with van der Waals surface area (Å²) in [5, 5.41) is 22.2. The van der Waals surface area contributed by atoms with Crippen LogP contribution < -0.4 is 11.2 Å². The number of hydrogen-bond donors (Lipinski definition) is 3. The largest absolute Gasteiger partial charge is 0.394 e. The zero-order valence-electron chi connectivity index (χ0n) is 11.8. The maximum Gasteiger partial charge on any atom is 0.330 e. The number of H-pyrrole nitrogens is 1. The van der Waals surface area contributed by atoms with Gasteiger partial charge in [-0.1, -0.05) is 5.11 Å². The summed E-state index contributed by atoms with van der Waals surface area (Å²) in [5.41, 5.74) is 7.42. The van der Waals surface area contributed by atoms with Gasteiger partial charge in [0.25, 0.3) is 5.56 Å². The predicted molar refractivity (Wildman–Crippen MR) is 75.3 cm³/mol. The second kappa shape index (κ2) is 7.23. The van der Waals surface area contributed by atoms with Crippen LogP contribution in [0.2, 0.25) is 0 Å². The van der Waals surface area contributed by atoms with Crippen LogP contribution in [0.3, 0.4) is 0 Å². The molecule has 0 unspecified atom stereocenters. The minimum absolute atomic E-state index is 0.148. The monoisotopic (exact) mass is 311 g/mol. The van der Waals surface area contributed by atoms with E-state index in [4.69, 9.17) is 15.4 Å². The number of rotatable bonds is 6. The van der Waals surface area contributed by atoms with Gasteiger partial charge in [-0.25, -0.2) is 4.79 Å². The number of ether oxygens (including phenoxy) is 1. The third-order valence-corrected chi connectivity index (χ3v) is 3.50. The molecule has 0 aromatic carbocycles. The first-order chi connectivity index (χ1) is 10.6. The first-order valence-corrected chi connectivity index (χ1v) is 6.86. The smallest absolute Gasteiger partial charge is 0.330 e. The van der Waals surface area contributed by atoms with Crippen LogP contribution in [0.15, 0.2) is 20.9 Å². The Bertz CT molecular complexity index is 677. The quantitative estimate of drug-likeness (QED) is 0.277. The molecule has 3 atom stereocenters. The Labute approximate surface area is 124 Å². The number of aryl methyl sites for hydroxylation is 1. The van der Waals surface area contributed by atoms with Crippen molar-refractivity contribution in [1.82, 2.24) is 9.55 Å². The van der Waals surface area contributed by atoms with Gasteiger partial charge >= 0.3 is 5.69 Å². The summed E-state index contributed by atoms with van der Waals surface area (Å²) < 4.78 is 6.60. The average Bonchev–Trinajstić information content (AvgIpc) is 2.86. The van der Waals surface area contributed by atoms with Crippen LogP contribution in [-0.2, 0) is 11.2 Å². The van der Waals surface area contributed by atoms with E-state index in [-0.39, 0.29) is 19.6 Å². The van der Waals surface area contributed by atoms with Crippen LogP contribution in [0.25, 0.3) is 10.4 Å². The first-order valence-electron chi connectivity index (χ1n) is 6.86. The first kappa shape index (κ1) is 16.2.